The molecule has 0 aromatic carbocycles. The van der Waals surface area contributed by atoms with E-state index < -0.39 is 30.3 Å². The zero-order valence-corrected chi connectivity index (χ0v) is 24.6. The molecule has 0 aliphatic carbocycles. The Hall–Kier alpha value is -1.86. The van der Waals surface area contributed by atoms with Gasteiger partial charge >= 0.3 is 12.1 Å². The first-order chi connectivity index (χ1) is 18.0. The summed E-state index contributed by atoms with van der Waals surface area (Å²) in [4.78, 5) is 24.4. The first-order valence-electron chi connectivity index (χ1n) is 14.9. The molecule has 7 atom stereocenters. The van der Waals surface area contributed by atoms with Gasteiger partial charge in [-0.1, -0.05) is 77.0 Å². The van der Waals surface area contributed by atoms with Crippen molar-refractivity contribution in [2.45, 2.75) is 143 Å². The SMILES string of the molecule is CCCCC/C=C/C(C)=C/[C@@H]1C[C@@H](C)CCCCC[C@@H](O)[C@H](OC(N)=O)CC[C@H](C)C[C@@H](O)[C@H](C)C(=O)O1. The fourth-order valence-electron chi connectivity index (χ4n) is 5.08. The van der Waals surface area contributed by atoms with Gasteiger partial charge in [-0.3, -0.25) is 4.79 Å². The summed E-state index contributed by atoms with van der Waals surface area (Å²) in [6, 6.07) is 0. The molecule has 0 spiro atoms. The Bertz CT molecular complexity index is 736. The lowest BCUT2D eigenvalue weighted by Crippen LogP contribution is -2.34. The van der Waals surface area contributed by atoms with Crippen molar-refractivity contribution in [2.24, 2.45) is 23.5 Å². The molecular weight excluding hydrogens is 482 g/mol. The van der Waals surface area contributed by atoms with E-state index >= 15 is 0 Å². The van der Waals surface area contributed by atoms with Crippen LogP contribution in [0.4, 0.5) is 4.79 Å². The standard InChI is InChI=1S/C31H55NO6/c1-6-7-8-9-11-14-22(2)19-26-20-23(3)15-12-10-13-16-27(33)29(38-31(32)36)18-17-24(4)21-28(34)25(5)30(35)37-26/h11,14,19,23-29,33-34H,6-10,12-13,15-18,20-21H2,1-5H3,(H2,32,36)/b14-11+,22-19+/t23-,24-,25-,26+,27+,28+,29+/m0/s1. The Labute approximate surface area is 231 Å². The molecule has 0 radical (unpaired) electrons. The van der Waals surface area contributed by atoms with Crippen LogP contribution in [0.15, 0.2) is 23.8 Å². The normalized spacial score (nSPS) is 31.8. The van der Waals surface area contributed by atoms with Crippen molar-refractivity contribution < 1.29 is 29.3 Å². The van der Waals surface area contributed by atoms with E-state index in [0.717, 1.165) is 44.1 Å². The molecule has 220 valence electrons. The van der Waals surface area contributed by atoms with Crippen LogP contribution in [-0.2, 0) is 14.3 Å². The van der Waals surface area contributed by atoms with Gasteiger partial charge in [0, 0.05) is 0 Å². The Morgan fingerprint density at radius 2 is 1.68 bits per heavy atom. The van der Waals surface area contributed by atoms with E-state index in [4.69, 9.17) is 15.2 Å². The Morgan fingerprint density at radius 3 is 2.37 bits per heavy atom. The highest BCUT2D eigenvalue weighted by atomic mass is 16.6. The maximum Gasteiger partial charge on any atom is 0.404 e. The number of esters is 1. The van der Waals surface area contributed by atoms with Gasteiger partial charge in [-0.05, 0) is 76.7 Å². The van der Waals surface area contributed by atoms with Gasteiger partial charge in [-0.15, -0.1) is 0 Å². The van der Waals surface area contributed by atoms with E-state index in [9.17, 15) is 19.8 Å². The molecule has 1 aliphatic rings. The number of rotatable bonds is 7. The topological polar surface area (TPSA) is 119 Å². The number of aliphatic hydroxyl groups is 2. The van der Waals surface area contributed by atoms with Crippen molar-refractivity contribution in [1.29, 1.82) is 0 Å². The number of unbranched alkanes of at least 4 members (excludes halogenated alkanes) is 3. The van der Waals surface area contributed by atoms with Gasteiger partial charge in [-0.2, -0.15) is 0 Å². The third-order valence-corrected chi connectivity index (χ3v) is 7.64. The number of cyclic esters (lactones) is 1. The number of hydrogen-bond donors (Lipinski definition) is 3. The van der Waals surface area contributed by atoms with Gasteiger partial charge in [0.15, 0.2) is 0 Å². The van der Waals surface area contributed by atoms with Crippen LogP contribution in [0.1, 0.15) is 118 Å². The fourth-order valence-corrected chi connectivity index (χ4v) is 5.08. The predicted octanol–water partition coefficient (Wildman–Crippen LogP) is 6.60. The minimum absolute atomic E-state index is 0.0566. The Balaban J connectivity index is 2.96. The van der Waals surface area contributed by atoms with Crippen LogP contribution in [0.5, 0.6) is 0 Å². The number of nitrogens with two attached hydrogens (primary N) is 1. The minimum atomic E-state index is -0.889. The molecule has 0 unspecified atom stereocenters. The van der Waals surface area contributed by atoms with Crippen molar-refractivity contribution in [3.8, 4) is 0 Å². The number of amides is 1. The van der Waals surface area contributed by atoms with Gasteiger partial charge in [0.05, 0.1) is 18.1 Å². The lowest BCUT2D eigenvalue weighted by molar-refractivity contribution is -0.156. The lowest BCUT2D eigenvalue weighted by Gasteiger charge is -2.27. The third-order valence-electron chi connectivity index (χ3n) is 7.64. The van der Waals surface area contributed by atoms with E-state index in [1.165, 1.54) is 19.3 Å². The van der Waals surface area contributed by atoms with Crippen molar-refractivity contribution in [3.05, 3.63) is 23.8 Å². The van der Waals surface area contributed by atoms with Crippen molar-refractivity contribution in [2.75, 3.05) is 0 Å². The summed E-state index contributed by atoms with van der Waals surface area (Å²) >= 11 is 0. The molecule has 1 rings (SSSR count). The Kier molecular flexibility index (Phi) is 17.3. The molecule has 0 bridgehead atoms. The summed E-state index contributed by atoms with van der Waals surface area (Å²) in [5, 5.41) is 21.4. The average Bonchev–Trinajstić information content (AvgIpc) is 2.84. The molecule has 4 N–H and O–H groups in total. The highest BCUT2D eigenvalue weighted by Gasteiger charge is 2.29. The number of allylic oxidation sites excluding steroid dienone is 3. The molecule has 0 aromatic rings. The van der Waals surface area contributed by atoms with E-state index in [1.54, 1.807) is 6.92 Å². The molecule has 1 aliphatic heterocycles. The second kappa shape index (κ2) is 19.2. The fraction of sp³-hybridized carbons (Fsp3) is 0.806. The Morgan fingerprint density at radius 1 is 1.00 bits per heavy atom. The molecule has 1 saturated heterocycles. The molecular formula is C31H55NO6. The first kappa shape index (κ1) is 34.2. The van der Waals surface area contributed by atoms with Gasteiger partial charge in [0.1, 0.15) is 12.2 Å². The number of aliphatic hydroxyl groups excluding tert-OH is 2. The van der Waals surface area contributed by atoms with Crippen LogP contribution >= 0.6 is 0 Å². The zero-order valence-electron chi connectivity index (χ0n) is 24.6. The monoisotopic (exact) mass is 537 g/mol. The first-order valence-corrected chi connectivity index (χ1v) is 14.9. The molecule has 38 heavy (non-hydrogen) atoms. The quantitative estimate of drug-likeness (QED) is 0.191. The minimum Gasteiger partial charge on any atom is -0.458 e. The van der Waals surface area contributed by atoms with Crippen LogP contribution in [0.2, 0.25) is 0 Å². The van der Waals surface area contributed by atoms with Crippen LogP contribution in [0, 0.1) is 17.8 Å². The number of carbonyl (C=O) groups excluding carboxylic acids is 2. The number of hydrogen-bond acceptors (Lipinski definition) is 6. The highest BCUT2D eigenvalue weighted by molar-refractivity contribution is 5.73. The maximum atomic E-state index is 13.0. The largest absolute Gasteiger partial charge is 0.458 e. The van der Waals surface area contributed by atoms with Crippen LogP contribution < -0.4 is 5.73 Å². The number of carbonyl (C=O) groups is 2. The molecule has 1 amide bonds. The summed E-state index contributed by atoms with van der Waals surface area (Å²) in [6.07, 6.45) is 14.0. The number of primary amides is 1. The summed E-state index contributed by atoms with van der Waals surface area (Å²) in [5.41, 5.74) is 6.31. The van der Waals surface area contributed by atoms with Gasteiger partial charge in [0.25, 0.3) is 0 Å². The second-order valence-electron chi connectivity index (χ2n) is 11.6. The average molecular weight is 538 g/mol. The molecule has 7 nitrogen and oxygen atoms in total. The van der Waals surface area contributed by atoms with E-state index in [1.807, 2.05) is 19.9 Å². The maximum absolute atomic E-state index is 13.0. The van der Waals surface area contributed by atoms with E-state index in [2.05, 4.69) is 26.0 Å². The van der Waals surface area contributed by atoms with Gasteiger partial charge in [0.2, 0.25) is 0 Å². The van der Waals surface area contributed by atoms with Crippen LogP contribution in [-0.4, -0.2) is 46.7 Å². The smallest absolute Gasteiger partial charge is 0.404 e. The summed E-state index contributed by atoms with van der Waals surface area (Å²) in [5.74, 6) is -0.637. The molecule has 7 heteroatoms. The predicted molar refractivity (Wildman–Crippen MR) is 152 cm³/mol. The zero-order chi connectivity index (χ0) is 28.5. The summed E-state index contributed by atoms with van der Waals surface area (Å²) in [6.45, 7) is 10.1. The van der Waals surface area contributed by atoms with Crippen molar-refractivity contribution in [1.82, 2.24) is 0 Å². The third kappa shape index (κ3) is 14.9. The molecule has 0 saturated carbocycles. The van der Waals surface area contributed by atoms with Crippen molar-refractivity contribution >= 4 is 12.1 Å². The number of ether oxygens (including phenoxy) is 2. The second-order valence-corrected chi connectivity index (χ2v) is 11.6. The molecule has 0 aromatic heterocycles. The van der Waals surface area contributed by atoms with E-state index in [0.29, 0.717) is 31.6 Å². The van der Waals surface area contributed by atoms with Gasteiger partial charge < -0.3 is 25.4 Å². The lowest BCUT2D eigenvalue weighted by atomic mass is 9.89. The summed E-state index contributed by atoms with van der Waals surface area (Å²) < 4.78 is 11.2. The van der Waals surface area contributed by atoms with Crippen LogP contribution in [0.25, 0.3) is 0 Å². The van der Waals surface area contributed by atoms with Gasteiger partial charge in [-0.25, -0.2) is 4.79 Å². The van der Waals surface area contributed by atoms with E-state index in [-0.39, 0.29) is 18.0 Å². The van der Waals surface area contributed by atoms with Crippen molar-refractivity contribution in [3.63, 3.8) is 0 Å². The molecule has 1 heterocycles. The summed E-state index contributed by atoms with van der Waals surface area (Å²) in [7, 11) is 0. The molecule has 1 fully saturated rings. The highest BCUT2D eigenvalue weighted by Crippen LogP contribution is 2.25. The van der Waals surface area contributed by atoms with Crippen LogP contribution in [0.3, 0.4) is 0 Å².